The van der Waals surface area contributed by atoms with E-state index in [9.17, 15) is 9.18 Å². The van der Waals surface area contributed by atoms with E-state index in [0.29, 0.717) is 0 Å². The molecule has 0 saturated carbocycles. The fraction of sp³-hybridized carbons (Fsp3) is 0.278. The number of amides is 1. The predicted octanol–water partition coefficient (Wildman–Crippen LogP) is 3.86. The molecule has 0 unspecified atom stereocenters. The van der Waals surface area contributed by atoms with Crippen molar-refractivity contribution in [3.05, 3.63) is 70.5 Å². The van der Waals surface area contributed by atoms with E-state index >= 15 is 0 Å². The molecule has 0 radical (unpaired) electrons. The van der Waals surface area contributed by atoms with Gasteiger partial charge in [-0.05, 0) is 55.2 Å². The van der Waals surface area contributed by atoms with E-state index in [1.807, 2.05) is 13.0 Å². The summed E-state index contributed by atoms with van der Waals surface area (Å²) >= 11 is 0. The lowest BCUT2D eigenvalue weighted by Crippen LogP contribution is -2.28. The lowest BCUT2D eigenvalue weighted by molar-refractivity contribution is -0.121. The molecule has 1 atom stereocenters. The van der Waals surface area contributed by atoms with Crippen molar-refractivity contribution in [2.24, 2.45) is 0 Å². The molecule has 0 aromatic heterocycles. The van der Waals surface area contributed by atoms with E-state index in [1.165, 1.54) is 23.3 Å². The second kappa shape index (κ2) is 6.53. The first-order valence-electron chi connectivity index (χ1n) is 7.06. The van der Waals surface area contributed by atoms with Gasteiger partial charge in [-0.3, -0.25) is 4.79 Å². The Morgan fingerprint density at radius 2 is 1.76 bits per heavy atom. The molecule has 0 saturated heterocycles. The van der Waals surface area contributed by atoms with Crippen LogP contribution >= 0.6 is 0 Å². The first-order chi connectivity index (χ1) is 9.95. The second-order valence-electron chi connectivity index (χ2n) is 5.44. The van der Waals surface area contributed by atoms with Crippen molar-refractivity contribution in [3.63, 3.8) is 0 Å². The number of carbonyl (C=O) groups is 1. The van der Waals surface area contributed by atoms with E-state index in [0.717, 1.165) is 11.1 Å². The molecule has 0 bridgehead atoms. The van der Waals surface area contributed by atoms with Gasteiger partial charge in [0.1, 0.15) is 5.82 Å². The molecular formula is C18H20FNO. The van der Waals surface area contributed by atoms with Gasteiger partial charge < -0.3 is 5.32 Å². The Hall–Kier alpha value is -2.16. The zero-order valence-corrected chi connectivity index (χ0v) is 12.6. The molecule has 0 spiro atoms. The Balaban J connectivity index is 1.98. The van der Waals surface area contributed by atoms with Crippen LogP contribution in [-0.4, -0.2) is 5.91 Å². The standard InChI is InChI=1S/C18H20FNO/c1-12-4-7-16(10-13(12)2)14(3)20-18(21)11-15-5-8-17(19)9-6-15/h4-10,14H,11H2,1-3H3,(H,20,21)/t14-/m1/s1. The van der Waals surface area contributed by atoms with Crippen LogP contribution in [-0.2, 0) is 11.2 Å². The van der Waals surface area contributed by atoms with E-state index in [-0.39, 0.29) is 24.2 Å². The highest BCUT2D eigenvalue weighted by molar-refractivity contribution is 5.79. The smallest absolute Gasteiger partial charge is 0.224 e. The van der Waals surface area contributed by atoms with Gasteiger partial charge in [0.2, 0.25) is 5.91 Å². The molecule has 2 aromatic carbocycles. The summed E-state index contributed by atoms with van der Waals surface area (Å²) in [5, 5.41) is 2.97. The fourth-order valence-corrected chi connectivity index (χ4v) is 2.20. The minimum atomic E-state index is -0.289. The SMILES string of the molecule is Cc1ccc([C@@H](C)NC(=O)Cc2ccc(F)cc2)cc1C. The second-order valence-corrected chi connectivity index (χ2v) is 5.44. The summed E-state index contributed by atoms with van der Waals surface area (Å²) in [5.41, 5.74) is 4.35. The lowest BCUT2D eigenvalue weighted by Gasteiger charge is -2.16. The molecular weight excluding hydrogens is 265 g/mol. The highest BCUT2D eigenvalue weighted by atomic mass is 19.1. The maximum Gasteiger partial charge on any atom is 0.224 e. The van der Waals surface area contributed by atoms with E-state index < -0.39 is 0 Å². The third-order valence-electron chi connectivity index (χ3n) is 3.69. The Kier molecular flexibility index (Phi) is 4.73. The van der Waals surface area contributed by atoms with Gasteiger partial charge in [0.15, 0.2) is 0 Å². The summed E-state index contributed by atoms with van der Waals surface area (Å²) in [4.78, 5) is 12.0. The number of halogens is 1. The van der Waals surface area contributed by atoms with E-state index in [2.05, 4.69) is 31.3 Å². The van der Waals surface area contributed by atoms with Crippen LogP contribution in [0.25, 0.3) is 0 Å². The molecule has 2 rings (SSSR count). The molecule has 0 aliphatic carbocycles. The van der Waals surface area contributed by atoms with Crippen LogP contribution < -0.4 is 5.32 Å². The fourth-order valence-electron chi connectivity index (χ4n) is 2.20. The van der Waals surface area contributed by atoms with Crippen LogP contribution in [0.4, 0.5) is 4.39 Å². The van der Waals surface area contributed by atoms with Gasteiger partial charge in [-0.1, -0.05) is 30.3 Å². The highest BCUT2D eigenvalue weighted by Crippen LogP contribution is 2.17. The molecule has 0 aliphatic heterocycles. The molecule has 1 N–H and O–H groups in total. The number of rotatable bonds is 4. The maximum absolute atomic E-state index is 12.8. The first kappa shape index (κ1) is 15.2. The van der Waals surface area contributed by atoms with Crippen molar-refractivity contribution in [3.8, 4) is 0 Å². The van der Waals surface area contributed by atoms with Crippen molar-refractivity contribution in [1.29, 1.82) is 0 Å². The molecule has 110 valence electrons. The number of aryl methyl sites for hydroxylation is 2. The van der Waals surface area contributed by atoms with E-state index in [4.69, 9.17) is 0 Å². The average molecular weight is 285 g/mol. The van der Waals surface area contributed by atoms with Crippen molar-refractivity contribution >= 4 is 5.91 Å². The van der Waals surface area contributed by atoms with Crippen LogP contribution in [0.5, 0.6) is 0 Å². The predicted molar refractivity (Wildman–Crippen MR) is 82.6 cm³/mol. The Morgan fingerprint density at radius 3 is 2.38 bits per heavy atom. The van der Waals surface area contributed by atoms with Crippen LogP contribution in [0.1, 0.15) is 35.2 Å². The van der Waals surface area contributed by atoms with Gasteiger partial charge >= 0.3 is 0 Å². The Bertz CT molecular complexity index is 634. The average Bonchev–Trinajstić information content (AvgIpc) is 2.44. The molecule has 0 heterocycles. The highest BCUT2D eigenvalue weighted by Gasteiger charge is 2.10. The number of hydrogen-bond donors (Lipinski definition) is 1. The summed E-state index contributed by atoms with van der Waals surface area (Å²) < 4.78 is 12.8. The summed E-state index contributed by atoms with van der Waals surface area (Å²) in [6, 6.07) is 12.2. The van der Waals surface area contributed by atoms with E-state index in [1.54, 1.807) is 12.1 Å². The molecule has 0 fully saturated rings. The van der Waals surface area contributed by atoms with Crippen molar-refractivity contribution < 1.29 is 9.18 Å². The van der Waals surface area contributed by atoms with Crippen LogP contribution in [0.3, 0.4) is 0 Å². The lowest BCUT2D eigenvalue weighted by atomic mass is 10.0. The van der Waals surface area contributed by atoms with Crippen LogP contribution in [0, 0.1) is 19.7 Å². The number of carbonyl (C=O) groups excluding carboxylic acids is 1. The summed E-state index contributed by atoms with van der Waals surface area (Å²) in [6.45, 7) is 6.09. The monoisotopic (exact) mass is 285 g/mol. The molecule has 3 heteroatoms. The van der Waals surface area contributed by atoms with Crippen LogP contribution in [0.15, 0.2) is 42.5 Å². The topological polar surface area (TPSA) is 29.1 Å². The van der Waals surface area contributed by atoms with Gasteiger partial charge in [0.25, 0.3) is 0 Å². The third-order valence-corrected chi connectivity index (χ3v) is 3.69. The minimum absolute atomic E-state index is 0.0442. The van der Waals surface area contributed by atoms with Gasteiger partial charge in [-0.15, -0.1) is 0 Å². The van der Waals surface area contributed by atoms with Crippen molar-refractivity contribution in [2.45, 2.75) is 33.2 Å². The molecule has 21 heavy (non-hydrogen) atoms. The quantitative estimate of drug-likeness (QED) is 0.908. The molecule has 2 nitrogen and oxygen atoms in total. The van der Waals surface area contributed by atoms with Gasteiger partial charge in [0, 0.05) is 0 Å². The normalized spacial score (nSPS) is 12.0. The minimum Gasteiger partial charge on any atom is -0.349 e. The third kappa shape index (κ3) is 4.15. The number of hydrogen-bond acceptors (Lipinski definition) is 1. The Morgan fingerprint density at radius 1 is 1.10 bits per heavy atom. The number of benzene rings is 2. The van der Waals surface area contributed by atoms with Gasteiger partial charge in [-0.2, -0.15) is 0 Å². The molecule has 2 aromatic rings. The van der Waals surface area contributed by atoms with Crippen molar-refractivity contribution in [1.82, 2.24) is 5.32 Å². The number of nitrogens with one attached hydrogen (secondary N) is 1. The zero-order chi connectivity index (χ0) is 15.4. The molecule has 1 amide bonds. The maximum atomic E-state index is 12.8. The first-order valence-corrected chi connectivity index (χ1v) is 7.06. The van der Waals surface area contributed by atoms with Crippen molar-refractivity contribution in [2.75, 3.05) is 0 Å². The largest absolute Gasteiger partial charge is 0.349 e. The summed E-state index contributed by atoms with van der Waals surface area (Å²) in [5.74, 6) is -0.352. The molecule has 0 aliphatic rings. The van der Waals surface area contributed by atoms with Crippen LogP contribution in [0.2, 0.25) is 0 Å². The van der Waals surface area contributed by atoms with Gasteiger partial charge in [-0.25, -0.2) is 4.39 Å². The zero-order valence-electron chi connectivity index (χ0n) is 12.6. The van der Waals surface area contributed by atoms with Gasteiger partial charge in [0.05, 0.1) is 12.5 Å². The summed E-state index contributed by atoms with van der Waals surface area (Å²) in [7, 11) is 0. The summed E-state index contributed by atoms with van der Waals surface area (Å²) in [6.07, 6.45) is 0.259. The Labute approximate surface area is 125 Å².